The van der Waals surface area contributed by atoms with E-state index in [-0.39, 0.29) is 23.0 Å². The van der Waals surface area contributed by atoms with Crippen LogP contribution in [0.3, 0.4) is 0 Å². The van der Waals surface area contributed by atoms with Gasteiger partial charge in [0.2, 0.25) is 11.6 Å². The Morgan fingerprint density at radius 3 is 2.57 bits per heavy atom. The molecule has 0 aliphatic heterocycles. The van der Waals surface area contributed by atoms with Crippen LogP contribution in [0.5, 0.6) is 0 Å². The van der Waals surface area contributed by atoms with Gasteiger partial charge in [-0.3, -0.25) is 0 Å². The van der Waals surface area contributed by atoms with E-state index in [9.17, 15) is 9.90 Å². The van der Waals surface area contributed by atoms with Gasteiger partial charge in [0.25, 0.3) is 0 Å². The number of carboxylic acids is 1. The normalized spacial score (nSPS) is 10.7. The zero-order valence-corrected chi connectivity index (χ0v) is 10.8. The van der Waals surface area contributed by atoms with Crippen molar-refractivity contribution in [2.45, 2.75) is 6.92 Å². The largest absolute Gasteiger partial charge is 0.543 e. The van der Waals surface area contributed by atoms with Crippen LogP contribution in [0, 0.1) is 6.92 Å². The fraction of sp³-hybridized carbons (Fsp3) is 0.0833. The zero-order chi connectivity index (χ0) is 15.0. The van der Waals surface area contributed by atoms with Crippen LogP contribution in [0.4, 0.5) is 5.82 Å². The number of carboxylic acid groups (broad SMARTS) is 1. The Morgan fingerprint density at radius 1 is 1.29 bits per heavy atom. The quantitative estimate of drug-likeness (QED) is 0.684. The lowest BCUT2D eigenvalue weighted by Crippen LogP contribution is -2.23. The third-order valence-corrected chi connectivity index (χ3v) is 2.88. The molecule has 3 aromatic rings. The van der Waals surface area contributed by atoms with Crippen molar-refractivity contribution in [1.29, 1.82) is 0 Å². The molecule has 0 spiro atoms. The summed E-state index contributed by atoms with van der Waals surface area (Å²) < 4.78 is 5.66. The Bertz CT molecular complexity index is 805. The number of aromatic nitrogens is 5. The van der Waals surface area contributed by atoms with Gasteiger partial charge in [-0.2, -0.15) is 4.68 Å². The molecule has 3 rings (SSSR count). The number of hydrogen-bond donors (Lipinski definition) is 1. The summed E-state index contributed by atoms with van der Waals surface area (Å²) >= 11 is 0. The minimum Gasteiger partial charge on any atom is -0.543 e. The molecule has 2 heterocycles. The number of rotatable bonds is 3. The monoisotopic (exact) mass is 285 g/mol. The molecule has 0 atom stereocenters. The molecule has 0 radical (unpaired) electrons. The van der Waals surface area contributed by atoms with Crippen LogP contribution in [-0.2, 0) is 0 Å². The standard InChI is InChI=1S/C12H10N6O3/c1-6-2-4-7(5-3-6)9-8(12(19)20)14-17-18(9)11-10(13)15-21-16-11/h2-5H,1H3,(H2,13,15)(H,19,20)/p-1. The number of carbonyl (C=O) groups excluding carboxylic acids is 1. The molecule has 0 fully saturated rings. The highest BCUT2D eigenvalue weighted by atomic mass is 16.6. The molecule has 0 saturated heterocycles. The molecule has 0 saturated carbocycles. The molecule has 0 aliphatic rings. The van der Waals surface area contributed by atoms with Crippen LogP contribution in [0.2, 0.25) is 0 Å². The molecule has 0 amide bonds. The van der Waals surface area contributed by atoms with Gasteiger partial charge in [0.15, 0.2) is 0 Å². The third-order valence-electron chi connectivity index (χ3n) is 2.88. The summed E-state index contributed by atoms with van der Waals surface area (Å²) in [7, 11) is 0. The number of benzene rings is 1. The van der Waals surface area contributed by atoms with Gasteiger partial charge in [-0.1, -0.05) is 35.0 Å². The minimum absolute atomic E-state index is 0.0295. The Labute approximate surface area is 118 Å². The lowest BCUT2D eigenvalue weighted by Gasteiger charge is -2.07. The number of aryl methyl sites for hydroxylation is 1. The van der Waals surface area contributed by atoms with Crippen molar-refractivity contribution in [2.75, 3.05) is 5.73 Å². The van der Waals surface area contributed by atoms with Crippen molar-refractivity contribution in [3.63, 3.8) is 0 Å². The Morgan fingerprint density at radius 2 is 2.00 bits per heavy atom. The molecular formula is C12H9N6O3-. The summed E-state index contributed by atoms with van der Waals surface area (Å²) in [6.45, 7) is 1.92. The van der Waals surface area contributed by atoms with E-state index in [0.29, 0.717) is 5.56 Å². The molecule has 2 aromatic heterocycles. The maximum Gasteiger partial charge on any atom is 0.243 e. The fourth-order valence-electron chi connectivity index (χ4n) is 1.88. The summed E-state index contributed by atoms with van der Waals surface area (Å²) in [6, 6.07) is 7.13. The summed E-state index contributed by atoms with van der Waals surface area (Å²) in [5.74, 6) is -1.42. The Kier molecular flexibility index (Phi) is 2.87. The molecule has 0 bridgehead atoms. The molecule has 1 aromatic carbocycles. The Balaban J connectivity index is 2.25. The van der Waals surface area contributed by atoms with E-state index in [4.69, 9.17) is 5.73 Å². The number of carbonyl (C=O) groups is 1. The predicted octanol–water partition coefficient (Wildman–Crippen LogP) is -0.429. The second-order valence-corrected chi connectivity index (χ2v) is 4.33. The molecule has 21 heavy (non-hydrogen) atoms. The average Bonchev–Trinajstić information content (AvgIpc) is 3.05. The first-order valence-electron chi connectivity index (χ1n) is 5.90. The smallest absolute Gasteiger partial charge is 0.243 e. The van der Waals surface area contributed by atoms with E-state index < -0.39 is 5.97 Å². The summed E-state index contributed by atoms with van der Waals surface area (Å²) in [5, 5.41) is 25.6. The number of nitrogens with two attached hydrogens (primary N) is 1. The fourth-order valence-corrected chi connectivity index (χ4v) is 1.88. The highest BCUT2D eigenvalue weighted by Crippen LogP contribution is 2.26. The van der Waals surface area contributed by atoms with Gasteiger partial charge in [-0.15, -0.1) is 5.10 Å². The highest BCUT2D eigenvalue weighted by molar-refractivity contribution is 5.91. The summed E-state index contributed by atoms with van der Waals surface area (Å²) in [5.41, 5.74) is 7.08. The van der Waals surface area contributed by atoms with Crippen LogP contribution in [-0.4, -0.2) is 31.3 Å². The SMILES string of the molecule is Cc1ccc(-c2c(C(=O)[O-])nnn2-c2nonc2N)cc1. The van der Waals surface area contributed by atoms with Gasteiger partial charge in [-0.25, -0.2) is 4.63 Å². The first kappa shape index (κ1) is 12.8. The third kappa shape index (κ3) is 2.10. The van der Waals surface area contributed by atoms with Crippen LogP contribution >= 0.6 is 0 Å². The lowest BCUT2D eigenvalue weighted by atomic mass is 10.1. The van der Waals surface area contributed by atoms with Crippen molar-refractivity contribution < 1.29 is 14.5 Å². The van der Waals surface area contributed by atoms with Crippen LogP contribution in [0.25, 0.3) is 17.1 Å². The Hall–Kier alpha value is -3.23. The van der Waals surface area contributed by atoms with Gasteiger partial charge in [0, 0.05) is 5.56 Å². The van der Waals surface area contributed by atoms with Crippen molar-refractivity contribution in [3.05, 3.63) is 35.5 Å². The van der Waals surface area contributed by atoms with Gasteiger partial charge in [0.1, 0.15) is 11.4 Å². The van der Waals surface area contributed by atoms with E-state index in [1.807, 2.05) is 19.1 Å². The number of nitrogens with zero attached hydrogens (tertiary/aromatic N) is 5. The topological polar surface area (TPSA) is 136 Å². The summed E-state index contributed by atoms with van der Waals surface area (Å²) in [4.78, 5) is 11.2. The zero-order valence-electron chi connectivity index (χ0n) is 10.8. The average molecular weight is 285 g/mol. The van der Waals surface area contributed by atoms with E-state index in [2.05, 4.69) is 25.3 Å². The summed E-state index contributed by atoms with van der Waals surface area (Å²) in [6.07, 6.45) is 0. The van der Waals surface area contributed by atoms with Crippen LogP contribution < -0.4 is 10.8 Å². The van der Waals surface area contributed by atoms with E-state index >= 15 is 0 Å². The van der Waals surface area contributed by atoms with E-state index in [0.717, 1.165) is 10.2 Å². The van der Waals surface area contributed by atoms with Crippen molar-refractivity contribution >= 4 is 11.8 Å². The van der Waals surface area contributed by atoms with Crippen molar-refractivity contribution in [3.8, 4) is 17.1 Å². The van der Waals surface area contributed by atoms with E-state index in [1.165, 1.54) is 0 Å². The second-order valence-electron chi connectivity index (χ2n) is 4.33. The molecule has 2 N–H and O–H groups in total. The van der Waals surface area contributed by atoms with Crippen LogP contribution in [0.15, 0.2) is 28.9 Å². The maximum atomic E-state index is 11.2. The number of nitrogen functional groups attached to an aromatic ring is 1. The molecule has 106 valence electrons. The highest BCUT2D eigenvalue weighted by Gasteiger charge is 2.21. The second kappa shape index (κ2) is 4.71. The maximum absolute atomic E-state index is 11.2. The molecule has 9 heteroatoms. The molecule has 0 aliphatic carbocycles. The number of anilines is 1. The van der Waals surface area contributed by atoms with Gasteiger partial charge < -0.3 is 15.6 Å². The molecular weight excluding hydrogens is 276 g/mol. The molecule has 0 unspecified atom stereocenters. The van der Waals surface area contributed by atoms with Crippen molar-refractivity contribution in [2.24, 2.45) is 0 Å². The lowest BCUT2D eigenvalue weighted by molar-refractivity contribution is -0.255. The first-order valence-corrected chi connectivity index (χ1v) is 5.90. The number of aromatic carboxylic acids is 1. The van der Waals surface area contributed by atoms with Crippen molar-refractivity contribution in [1.82, 2.24) is 25.3 Å². The van der Waals surface area contributed by atoms with E-state index in [1.54, 1.807) is 12.1 Å². The first-order chi connectivity index (χ1) is 10.1. The van der Waals surface area contributed by atoms with Gasteiger partial charge in [0.05, 0.1) is 5.97 Å². The molecule has 9 nitrogen and oxygen atoms in total. The number of hydrogen-bond acceptors (Lipinski definition) is 8. The predicted molar refractivity (Wildman–Crippen MR) is 68.1 cm³/mol. The van der Waals surface area contributed by atoms with Gasteiger partial charge >= 0.3 is 0 Å². The van der Waals surface area contributed by atoms with Gasteiger partial charge in [-0.05, 0) is 17.2 Å². The minimum atomic E-state index is -1.45. The van der Waals surface area contributed by atoms with Crippen LogP contribution in [0.1, 0.15) is 16.1 Å².